The van der Waals surface area contributed by atoms with Crippen molar-refractivity contribution in [3.05, 3.63) is 12.7 Å². The van der Waals surface area contributed by atoms with E-state index in [0.717, 1.165) is 44.6 Å². The van der Waals surface area contributed by atoms with Gasteiger partial charge < -0.3 is 9.47 Å². The average molecular weight is 549 g/mol. The molecule has 0 radical (unpaired) electrons. The number of nitrogens with zero attached hydrogens (tertiary/aromatic N) is 2. The monoisotopic (exact) mass is 548 g/mol. The zero-order chi connectivity index (χ0) is 28.6. The molecule has 0 spiro atoms. The summed E-state index contributed by atoms with van der Waals surface area (Å²) in [5, 5.41) is 31.1. The molecule has 0 amide bonds. The highest BCUT2D eigenvalue weighted by Gasteiger charge is 2.35. The predicted molar refractivity (Wildman–Crippen MR) is 148 cm³/mol. The van der Waals surface area contributed by atoms with Crippen molar-refractivity contribution in [3.8, 4) is 35.8 Å². The minimum Gasteiger partial charge on any atom is -0.465 e. The Bertz CT molecular complexity index is 1060. The van der Waals surface area contributed by atoms with E-state index in [-0.39, 0.29) is 47.9 Å². The van der Waals surface area contributed by atoms with Crippen molar-refractivity contribution in [2.24, 2.45) is 29.6 Å². The van der Waals surface area contributed by atoms with E-state index in [4.69, 9.17) is 20.0 Å². The van der Waals surface area contributed by atoms with E-state index >= 15 is 0 Å². The molecule has 0 aromatic rings. The van der Waals surface area contributed by atoms with E-state index in [1.807, 2.05) is 0 Å². The number of hydrogen-bond acceptors (Lipinski definition) is 10. The van der Waals surface area contributed by atoms with Gasteiger partial charge >= 0.3 is 11.9 Å². The van der Waals surface area contributed by atoms with Crippen LogP contribution in [0.25, 0.3) is 0 Å². The van der Waals surface area contributed by atoms with Crippen LogP contribution in [0.15, 0.2) is 12.7 Å². The average Bonchev–Trinajstić information content (AvgIpc) is 3.00. The maximum Gasteiger partial charge on any atom is 0.330 e. The minimum absolute atomic E-state index is 0.0556. The SMILES string of the molecule is C=CC(=O)OCCCCCCOC(=O)C1CC(C#CC2NCC(C#N)CN2)CCC1C#CC1NCC(C#N)CN1. The highest BCUT2D eigenvalue weighted by atomic mass is 16.5. The molecule has 3 rings (SSSR count). The van der Waals surface area contributed by atoms with Crippen LogP contribution in [-0.4, -0.2) is 63.7 Å². The lowest BCUT2D eigenvalue weighted by Crippen LogP contribution is -2.51. The molecule has 214 valence electrons. The van der Waals surface area contributed by atoms with Crippen molar-refractivity contribution < 1.29 is 19.1 Å². The number of carbonyl (C=O) groups excluding carboxylic acids is 2. The summed E-state index contributed by atoms with van der Waals surface area (Å²) in [7, 11) is 0. The Morgan fingerprint density at radius 1 is 0.750 bits per heavy atom. The predicted octanol–water partition coefficient (Wildman–Crippen LogP) is 1.18. The molecule has 3 aliphatic rings. The molecule has 3 fully saturated rings. The second-order valence-electron chi connectivity index (χ2n) is 10.4. The molecule has 0 aromatic heterocycles. The molecular formula is C30H40N6O4. The highest BCUT2D eigenvalue weighted by Crippen LogP contribution is 2.34. The van der Waals surface area contributed by atoms with Gasteiger partial charge in [0.1, 0.15) is 12.3 Å². The number of unbranched alkanes of at least 4 members (excludes halogenated alkanes) is 3. The Hall–Kier alpha value is -3.38. The maximum atomic E-state index is 13.2. The molecule has 1 aliphatic carbocycles. The molecule has 1 saturated carbocycles. The van der Waals surface area contributed by atoms with E-state index in [0.29, 0.717) is 45.8 Å². The summed E-state index contributed by atoms with van der Waals surface area (Å²) in [4.78, 5) is 24.3. The summed E-state index contributed by atoms with van der Waals surface area (Å²) < 4.78 is 10.7. The van der Waals surface area contributed by atoms with Gasteiger partial charge in [-0.2, -0.15) is 10.5 Å². The third-order valence-electron chi connectivity index (χ3n) is 7.33. The minimum atomic E-state index is -0.414. The number of nitriles is 2. The number of carbonyl (C=O) groups is 2. The van der Waals surface area contributed by atoms with E-state index in [2.05, 4.69) is 63.7 Å². The first-order valence-corrected chi connectivity index (χ1v) is 14.2. The van der Waals surface area contributed by atoms with Gasteiger partial charge in [0.25, 0.3) is 0 Å². The number of rotatable bonds is 9. The Balaban J connectivity index is 1.51. The van der Waals surface area contributed by atoms with Gasteiger partial charge in [0.05, 0.1) is 43.1 Å². The van der Waals surface area contributed by atoms with E-state index in [9.17, 15) is 9.59 Å². The van der Waals surface area contributed by atoms with Gasteiger partial charge in [-0.1, -0.05) is 30.3 Å². The summed E-state index contributed by atoms with van der Waals surface area (Å²) in [5.74, 6) is 11.9. The Labute approximate surface area is 237 Å². The molecule has 2 heterocycles. The third-order valence-corrected chi connectivity index (χ3v) is 7.33. The molecule has 3 atom stereocenters. The van der Waals surface area contributed by atoms with Crippen LogP contribution in [-0.2, 0) is 19.1 Å². The fourth-order valence-electron chi connectivity index (χ4n) is 4.91. The summed E-state index contributed by atoms with van der Waals surface area (Å²) in [6.45, 7) is 6.48. The molecule has 4 N–H and O–H groups in total. The van der Waals surface area contributed by atoms with Crippen LogP contribution in [0.2, 0.25) is 0 Å². The molecule has 2 aliphatic heterocycles. The van der Waals surface area contributed by atoms with Crippen LogP contribution < -0.4 is 21.3 Å². The van der Waals surface area contributed by atoms with Gasteiger partial charge in [-0.15, -0.1) is 0 Å². The van der Waals surface area contributed by atoms with Gasteiger partial charge in [0, 0.05) is 44.1 Å². The van der Waals surface area contributed by atoms with Crippen molar-refractivity contribution in [2.45, 2.75) is 57.3 Å². The third kappa shape index (κ3) is 10.6. The molecular weight excluding hydrogens is 508 g/mol. The van der Waals surface area contributed by atoms with Crippen LogP contribution in [0.1, 0.15) is 44.9 Å². The van der Waals surface area contributed by atoms with Gasteiger partial charge in [0.15, 0.2) is 0 Å². The number of nitrogens with one attached hydrogen (secondary N) is 4. The number of ether oxygens (including phenoxy) is 2. The van der Waals surface area contributed by atoms with Crippen LogP contribution in [0, 0.1) is 75.9 Å². The van der Waals surface area contributed by atoms with Crippen molar-refractivity contribution in [1.82, 2.24) is 21.3 Å². The van der Waals surface area contributed by atoms with Gasteiger partial charge in [-0.25, -0.2) is 4.79 Å². The maximum absolute atomic E-state index is 13.2. The lowest BCUT2D eigenvalue weighted by atomic mass is 9.74. The molecule has 0 aromatic carbocycles. The summed E-state index contributed by atoms with van der Waals surface area (Å²) >= 11 is 0. The molecule has 0 bridgehead atoms. The second kappa shape index (κ2) is 17.3. The molecule has 40 heavy (non-hydrogen) atoms. The first-order chi connectivity index (χ1) is 19.5. The van der Waals surface area contributed by atoms with E-state index in [1.54, 1.807) is 0 Å². The number of esters is 2. The van der Waals surface area contributed by atoms with Crippen LogP contribution >= 0.6 is 0 Å². The summed E-state index contributed by atoms with van der Waals surface area (Å²) in [6.07, 6.45) is 6.24. The van der Waals surface area contributed by atoms with E-state index < -0.39 is 5.97 Å². The van der Waals surface area contributed by atoms with Crippen molar-refractivity contribution in [3.63, 3.8) is 0 Å². The van der Waals surface area contributed by atoms with Gasteiger partial charge in [-0.3, -0.25) is 26.1 Å². The Morgan fingerprint density at radius 2 is 1.30 bits per heavy atom. The van der Waals surface area contributed by atoms with E-state index in [1.165, 1.54) is 0 Å². The topological polar surface area (TPSA) is 148 Å². The lowest BCUT2D eigenvalue weighted by molar-refractivity contribution is -0.151. The van der Waals surface area contributed by atoms with Crippen LogP contribution in [0.3, 0.4) is 0 Å². The zero-order valence-corrected chi connectivity index (χ0v) is 23.0. The van der Waals surface area contributed by atoms with Crippen LogP contribution in [0.4, 0.5) is 0 Å². The molecule has 3 unspecified atom stereocenters. The first-order valence-electron chi connectivity index (χ1n) is 14.2. The van der Waals surface area contributed by atoms with Gasteiger partial charge in [0.2, 0.25) is 0 Å². The van der Waals surface area contributed by atoms with Crippen LogP contribution in [0.5, 0.6) is 0 Å². The fraction of sp³-hybridized carbons (Fsp3) is 0.667. The van der Waals surface area contributed by atoms with Crippen molar-refractivity contribution >= 4 is 11.9 Å². The lowest BCUT2D eigenvalue weighted by Gasteiger charge is -2.30. The largest absolute Gasteiger partial charge is 0.465 e. The normalized spacial score (nSPS) is 29.6. The summed E-state index contributed by atoms with van der Waals surface area (Å²) in [6, 6.07) is 4.50. The second-order valence-corrected chi connectivity index (χ2v) is 10.4. The molecule has 10 nitrogen and oxygen atoms in total. The Kier molecular flexibility index (Phi) is 13.5. The highest BCUT2D eigenvalue weighted by molar-refractivity contribution is 5.81. The Morgan fingerprint density at radius 3 is 1.85 bits per heavy atom. The number of hydrogen-bond donors (Lipinski definition) is 4. The first kappa shape index (κ1) is 31.2. The fourth-order valence-corrected chi connectivity index (χ4v) is 4.91. The smallest absolute Gasteiger partial charge is 0.330 e. The molecule has 10 heteroatoms. The zero-order valence-electron chi connectivity index (χ0n) is 23.0. The quantitative estimate of drug-likeness (QED) is 0.143. The molecule has 2 saturated heterocycles. The van der Waals surface area contributed by atoms with Crippen molar-refractivity contribution in [2.75, 3.05) is 39.4 Å². The summed E-state index contributed by atoms with van der Waals surface area (Å²) in [5.41, 5.74) is 0. The van der Waals surface area contributed by atoms with Gasteiger partial charge in [-0.05, 0) is 44.9 Å². The van der Waals surface area contributed by atoms with Crippen molar-refractivity contribution in [1.29, 1.82) is 10.5 Å². The standard InChI is InChI=1S/C30H40N6O4/c1-2-29(37)39-13-5-3-4-6-14-40-30(38)26-15-22(8-11-27-33-18-23(16-31)19-34-27)7-9-25(26)10-12-28-35-20-24(17-32)21-36-28/h2,22-28,33-36H,1,3-7,9,13-15,18-21H2.